The maximum atomic E-state index is 10.8. The largest absolute Gasteiger partial charge is 0.358 e. The van der Waals surface area contributed by atoms with Crippen LogP contribution in [0.15, 0.2) is 4.63 Å². The van der Waals surface area contributed by atoms with Crippen molar-refractivity contribution in [3.8, 4) is 6.07 Å². The number of nitrogens with zero attached hydrogens (tertiary/aromatic N) is 3. The van der Waals surface area contributed by atoms with E-state index in [4.69, 9.17) is 5.26 Å². The molecule has 0 aromatic carbocycles. The molecule has 13 heavy (non-hydrogen) atoms. The molecule has 0 bridgehead atoms. The standard InChI is InChI=1S/C8H11N3O2/c1-2-3-4-5-7-8(6-9)11(12)13-10-7/h2-5H2,1H3. The summed E-state index contributed by atoms with van der Waals surface area (Å²) in [4.78, 5) is 0.154. The molecule has 1 heterocycles. The highest BCUT2D eigenvalue weighted by Gasteiger charge is 2.17. The van der Waals surface area contributed by atoms with E-state index in [1.165, 1.54) is 0 Å². The van der Waals surface area contributed by atoms with E-state index in [1.54, 1.807) is 6.07 Å². The highest BCUT2D eigenvalue weighted by atomic mass is 16.8. The number of rotatable bonds is 4. The average molecular weight is 181 g/mol. The van der Waals surface area contributed by atoms with Crippen molar-refractivity contribution in [3.05, 3.63) is 16.6 Å². The van der Waals surface area contributed by atoms with Crippen molar-refractivity contribution in [2.45, 2.75) is 32.6 Å². The zero-order valence-corrected chi connectivity index (χ0v) is 7.49. The van der Waals surface area contributed by atoms with Gasteiger partial charge in [0.1, 0.15) is 0 Å². The number of unbranched alkanes of at least 4 members (excludes halogenated alkanes) is 2. The smallest absolute Gasteiger partial charge is 0.297 e. The lowest BCUT2D eigenvalue weighted by molar-refractivity contribution is -0.804. The Balaban J connectivity index is 2.62. The second-order valence-electron chi connectivity index (χ2n) is 2.79. The summed E-state index contributed by atoms with van der Waals surface area (Å²) < 4.78 is 4.31. The van der Waals surface area contributed by atoms with Gasteiger partial charge in [0.2, 0.25) is 5.69 Å². The van der Waals surface area contributed by atoms with Gasteiger partial charge in [0, 0.05) is 11.6 Å². The Hall–Kier alpha value is -1.57. The van der Waals surface area contributed by atoms with Gasteiger partial charge in [0.15, 0.2) is 6.07 Å². The summed E-state index contributed by atoms with van der Waals surface area (Å²) in [5.74, 6) is 0. The Morgan fingerprint density at radius 2 is 2.38 bits per heavy atom. The number of nitriles is 1. The first-order valence-corrected chi connectivity index (χ1v) is 4.28. The van der Waals surface area contributed by atoms with Crippen LogP contribution in [0.1, 0.15) is 37.6 Å². The van der Waals surface area contributed by atoms with Crippen LogP contribution in [0, 0.1) is 16.5 Å². The first-order chi connectivity index (χ1) is 6.29. The third-order valence-electron chi connectivity index (χ3n) is 1.80. The molecule has 0 aliphatic heterocycles. The Bertz CT molecular complexity index is 314. The second-order valence-corrected chi connectivity index (χ2v) is 2.79. The lowest BCUT2D eigenvalue weighted by atomic mass is 10.1. The molecular weight excluding hydrogens is 170 g/mol. The van der Waals surface area contributed by atoms with Gasteiger partial charge in [-0.2, -0.15) is 5.26 Å². The summed E-state index contributed by atoms with van der Waals surface area (Å²) in [6.07, 6.45) is 3.72. The minimum Gasteiger partial charge on any atom is -0.358 e. The quantitative estimate of drug-likeness (QED) is 0.511. The number of aryl methyl sites for hydroxylation is 1. The van der Waals surface area contributed by atoms with E-state index in [0.717, 1.165) is 19.3 Å². The summed E-state index contributed by atoms with van der Waals surface area (Å²) in [5, 5.41) is 22.9. The monoisotopic (exact) mass is 181 g/mol. The molecule has 0 fully saturated rings. The van der Waals surface area contributed by atoms with Gasteiger partial charge in [-0.05, 0) is 11.3 Å². The van der Waals surface area contributed by atoms with E-state index in [0.29, 0.717) is 12.1 Å². The minimum absolute atomic E-state index is 0.0175. The van der Waals surface area contributed by atoms with E-state index < -0.39 is 0 Å². The van der Waals surface area contributed by atoms with Gasteiger partial charge >= 0.3 is 0 Å². The summed E-state index contributed by atoms with van der Waals surface area (Å²) >= 11 is 0. The van der Waals surface area contributed by atoms with Crippen molar-refractivity contribution in [2.75, 3.05) is 0 Å². The van der Waals surface area contributed by atoms with E-state index >= 15 is 0 Å². The van der Waals surface area contributed by atoms with Gasteiger partial charge < -0.3 is 5.21 Å². The molecule has 1 aromatic heterocycles. The molecular formula is C8H11N3O2. The van der Waals surface area contributed by atoms with Gasteiger partial charge in [-0.1, -0.05) is 19.8 Å². The summed E-state index contributed by atoms with van der Waals surface area (Å²) in [6, 6.07) is 1.76. The molecule has 0 aliphatic rings. The first-order valence-electron chi connectivity index (χ1n) is 4.28. The molecule has 5 heteroatoms. The molecule has 0 radical (unpaired) electrons. The van der Waals surface area contributed by atoms with E-state index in [2.05, 4.69) is 16.7 Å². The fraction of sp³-hybridized carbons (Fsp3) is 0.625. The van der Waals surface area contributed by atoms with Crippen LogP contribution in [0.3, 0.4) is 0 Å². The van der Waals surface area contributed by atoms with Crippen molar-refractivity contribution in [2.24, 2.45) is 0 Å². The van der Waals surface area contributed by atoms with Gasteiger partial charge in [-0.15, -0.1) is 0 Å². The summed E-state index contributed by atoms with van der Waals surface area (Å²) in [6.45, 7) is 2.09. The zero-order valence-electron chi connectivity index (χ0n) is 7.49. The van der Waals surface area contributed by atoms with Crippen molar-refractivity contribution < 1.29 is 9.53 Å². The molecule has 0 spiro atoms. The normalized spacial score (nSPS) is 9.85. The predicted octanol–water partition coefficient (Wildman–Crippen LogP) is 0.912. The molecule has 70 valence electrons. The molecule has 0 saturated carbocycles. The molecule has 0 atom stereocenters. The van der Waals surface area contributed by atoms with Crippen LogP contribution in [0.4, 0.5) is 0 Å². The number of hydrogen-bond donors (Lipinski definition) is 0. The Labute approximate surface area is 76.1 Å². The van der Waals surface area contributed by atoms with E-state index in [1.807, 2.05) is 0 Å². The van der Waals surface area contributed by atoms with Crippen LogP contribution in [-0.4, -0.2) is 5.16 Å². The number of hydrogen-bond acceptors (Lipinski definition) is 4. The van der Waals surface area contributed by atoms with E-state index in [9.17, 15) is 5.21 Å². The van der Waals surface area contributed by atoms with Crippen LogP contribution in [0.25, 0.3) is 0 Å². The van der Waals surface area contributed by atoms with Crippen molar-refractivity contribution >= 4 is 0 Å². The topological polar surface area (TPSA) is 76.8 Å². The molecule has 0 aliphatic carbocycles. The van der Waals surface area contributed by atoms with Crippen LogP contribution >= 0.6 is 0 Å². The van der Waals surface area contributed by atoms with Gasteiger partial charge in [0.25, 0.3) is 5.69 Å². The fourth-order valence-electron chi connectivity index (χ4n) is 1.09. The lowest BCUT2D eigenvalue weighted by Crippen LogP contribution is -2.26. The highest BCUT2D eigenvalue weighted by Crippen LogP contribution is 2.05. The second kappa shape index (κ2) is 4.45. The van der Waals surface area contributed by atoms with Crippen LogP contribution in [0.2, 0.25) is 0 Å². The Morgan fingerprint density at radius 1 is 1.62 bits per heavy atom. The zero-order chi connectivity index (χ0) is 9.68. The lowest BCUT2D eigenvalue weighted by Gasteiger charge is -1.90. The maximum Gasteiger partial charge on any atom is 0.297 e. The van der Waals surface area contributed by atoms with Gasteiger partial charge in [-0.3, -0.25) is 4.63 Å². The molecule has 0 unspecified atom stereocenters. The SMILES string of the molecule is CCCCCc1no[n+]([O-])c1C#N. The van der Waals surface area contributed by atoms with Gasteiger partial charge in [-0.25, -0.2) is 0 Å². The van der Waals surface area contributed by atoms with E-state index in [-0.39, 0.29) is 10.6 Å². The average Bonchev–Trinajstić information content (AvgIpc) is 2.47. The van der Waals surface area contributed by atoms with Crippen molar-refractivity contribution in [1.29, 1.82) is 5.26 Å². The molecule has 1 aromatic rings. The maximum absolute atomic E-state index is 10.8. The number of aromatic nitrogens is 2. The molecule has 0 N–H and O–H groups in total. The van der Waals surface area contributed by atoms with Crippen LogP contribution in [-0.2, 0) is 6.42 Å². The fourth-order valence-corrected chi connectivity index (χ4v) is 1.09. The van der Waals surface area contributed by atoms with Crippen LogP contribution in [0.5, 0.6) is 0 Å². The Kier molecular flexibility index (Phi) is 3.26. The molecule has 0 saturated heterocycles. The first kappa shape index (κ1) is 9.52. The highest BCUT2D eigenvalue weighted by molar-refractivity contribution is 5.18. The molecule has 1 rings (SSSR count). The molecule has 0 amide bonds. The van der Waals surface area contributed by atoms with Gasteiger partial charge in [0.05, 0.1) is 0 Å². The predicted molar refractivity (Wildman–Crippen MR) is 43.4 cm³/mol. The Morgan fingerprint density at radius 3 is 3.00 bits per heavy atom. The summed E-state index contributed by atoms with van der Waals surface area (Å²) in [7, 11) is 0. The minimum atomic E-state index is -0.0175. The van der Waals surface area contributed by atoms with Crippen molar-refractivity contribution in [1.82, 2.24) is 5.16 Å². The van der Waals surface area contributed by atoms with Crippen molar-refractivity contribution in [3.63, 3.8) is 0 Å². The third kappa shape index (κ3) is 2.18. The van der Waals surface area contributed by atoms with Crippen LogP contribution < -0.4 is 4.90 Å². The summed E-state index contributed by atoms with van der Waals surface area (Å²) in [5.41, 5.74) is 0.446. The third-order valence-corrected chi connectivity index (χ3v) is 1.80. The molecule has 5 nitrogen and oxygen atoms in total.